The molecule has 1 nitrogen and oxygen atoms in total. The van der Waals surface area contributed by atoms with Gasteiger partial charge in [-0.1, -0.05) is 31.2 Å². The fraction of sp³-hybridized carbons (Fsp3) is 0.714. The van der Waals surface area contributed by atoms with Crippen molar-refractivity contribution < 1.29 is 0 Å². The summed E-state index contributed by atoms with van der Waals surface area (Å²) in [7, 11) is 0. The molecule has 1 heteroatoms. The first-order valence-corrected chi connectivity index (χ1v) is 6.45. The minimum absolute atomic E-state index is 0.808. The van der Waals surface area contributed by atoms with Crippen molar-refractivity contribution in [3.05, 3.63) is 24.3 Å². The molecule has 0 aromatic heterocycles. The second kappa shape index (κ2) is 3.79. The van der Waals surface area contributed by atoms with E-state index in [1.807, 2.05) is 0 Å². The fourth-order valence-electron chi connectivity index (χ4n) is 3.86. The lowest BCUT2D eigenvalue weighted by molar-refractivity contribution is 0.177. The van der Waals surface area contributed by atoms with Gasteiger partial charge in [-0.25, -0.2) is 0 Å². The third-order valence-corrected chi connectivity index (χ3v) is 4.48. The smallest absolute Gasteiger partial charge is 0.0190 e. The van der Waals surface area contributed by atoms with Crippen molar-refractivity contribution in [2.24, 2.45) is 17.8 Å². The van der Waals surface area contributed by atoms with Gasteiger partial charge in [-0.3, -0.25) is 4.90 Å². The first-order chi connectivity index (χ1) is 7.36. The van der Waals surface area contributed by atoms with E-state index >= 15 is 0 Å². The molecule has 0 N–H and O–H groups in total. The van der Waals surface area contributed by atoms with Crippen molar-refractivity contribution in [2.45, 2.75) is 32.2 Å². The molecule has 15 heavy (non-hydrogen) atoms. The normalized spacial score (nSPS) is 44.9. The van der Waals surface area contributed by atoms with Crippen molar-refractivity contribution in [3.63, 3.8) is 0 Å². The number of rotatable bonds is 1. The summed E-state index contributed by atoms with van der Waals surface area (Å²) in [6.07, 6.45) is 13.6. The predicted octanol–water partition coefficient (Wildman–Crippen LogP) is 2.85. The molecule has 3 unspecified atom stereocenters. The minimum atomic E-state index is 0.808. The Morgan fingerprint density at radius 2 is 1.80 bits per heavy atom. The van der Waals surface area contributed by atoms with E-state index in [4.69, 9.17) is 0 Å². The molecule has 1 saturated heterocycles. The summed E-state index contributed by atoms with van der Waals surface area (Å²) in [5.74, 6) is 2.52. The van der Waals surface area contributed by atoms with Crippen molar-refractivity contribution in [1.82, 2.24) is 4.90 Å². The maximum Gasteiger partial charge on any atom is 0.0190 e. The minimum Gasteiger partial charge on any atom is -0.300 e. The Bertz CT molecular complexity index is 286. The molecule has 1 heterocycles. The largest absolute Gasteiger partial charge is 0.300 e. The Kier molecular flexibility index (Phi) is 2.44. The average Bonchev–Trinajstić information content (AvgIpc) is 2.82. The fourth-order valence-corrected chi connectivity index (χ4v) is 3.86. The molecule has 0 aromatic carbocycles. The maximum absolute atomic E-state index is 2.75. The lowest BCUT2D eigenvalue weighted by Gasteiger charge is -2.32. The maximum atomic E-state index is 2.75. The summed E-state index contributed by atoms with van der Waals surface area (Å²) in [6.45, 7) is 5.13. The molecule has 0 spiro atoms. The van der Waals surface area contributed by atoms with Gasteiger partial charge in [-0.2, -0.15) is 0 Å². The molecule has 0 radical (unpaired) electrons. The molecule has 2 fully saturated rings. The van der Waals surface area contributed by atoms with E-state index < -0.39 is 0 Å². The Morgan fingerprint density at radius 3 is 2.60 bits per heavy atom. The highest BCUT2D eigenvalue weighted by atomic mass is 15.2. The van der Waals surface area contributed by atoms with Crippen molar-refractivity contribution >= 4 is 0 Å². The average molecular weight is 203 g/mol. The van der Waals surface area contributed by atoms with Crippen molar-refractivity contribution in [3.8, 4) is 0 Å². The van der Waals surface area contributed by atoms with Crippen LogP contribution in [0.1, 0.15) is 26.2 Å². The molecular formula is C14H21N. The number of hydrogen-bond donors (Lipinski definition) is 0. The molecule has 1 saturated carbocycles. The second-order valence-corrected chi connectivity index (χ2v) is 5.46. The van der Waals surface area contributed by atoms with Gasteiger partial charge < -0.3 is 0 Å². The topological polar surface area (TPSA) is 3.24 Å². The van der Waals surface area contributed by atoms with Crippen LogP contribution in [0.3, 0.4) is 0 Å². The summed E-state index contributed by atoms with van der Waals surface area (Å²) in [5.41, 5.74) is 0. The van der Waals surface area contributed by atoms with Gasteiger partial charge in [0, 0.05) is 6.04 Å². The molecule has 3 aliphatic rings. The third-order valence-electron chi connectivity index (χ3n) is 4.48. The first-order valence-electron chi connectivity index (χ1n) is 6.45. The van der Waals surface area contributed by atoms with E-state index in [1.165, 1.54) is 32.4 Å². The molecule has 4 atom stereocenters. The number of hydrogen-bond acceptors (Lipinski definition) is 1. The quantitative estimate of drug-likeness (QED) is 0.633. The van der Waals surface area contributed by atoms with Crippen LogP contribution in [0.15, 0.2) is 24.3 Å². The molecular weight excluding hydrogens is 182 g/mol. The molecule has 0 aromatic rings. The number of allylic oxidation sites excluding steroid dienone is 3. The van der Waals surface area contributed by atoms with E-state index in [9.17, 15) is 0 Å². The van der Waals surface area contributed by atoms with Crippen LogP contribution in [0.25, 0.3) is 0 Å². The molecule has 82 valence electrons. The van der Waals surface area contributed by atoms with E-state index in [2.05, 4.69) is 36.1 Å². The predicted molar refractivity (Wildman–Crippen MR) is 63.6 cm³/mol. The Hall–Kier alpha value is -0.560. The number of nitrogens with zero attached hydrogens (tertiary/aromatic N) is 1. The van der Waals surface area contributed by atoms with Crippen LogP contribution in [-0.4, -0.2) is 24.0 Å². The summed E-state index contributed by atoms with van der Waals surface area (Å²) in [5, 5.41) is 0. The molecule has 0 amide bonds. The van der Waals surface area contributed by atoms with Crippen LogP contribution in [-0.2, 0) is 0 Å². The van der Waals surface area contributed by atoms with Crippen LogP contribution in [0.5, 0.6) is 0 Å². The van der Waals surface area contributed by atoms with Gasteiger partial charge in [-0.15, -0.1) is 0 Å². The zero-order valence-electron chi connectivity index (χ0n) is 9.60. The highest BCUT2D eigenvalue weighted by molar-refractivity contribution is 5.20. The summed E-state index contributed by atoms with van der Waals surface area (Å²) < 4.78 is 0. The lowest BCUT2D eigenvalue weighted by atomic mass is 9.89. The second-order valence-electron chi connectivity index (χ2n) is 5.46. The van der Waals surface area contributed by atoms with E-state index in [-0.39, 0.29) is 0 Å². The first kappa shape index (κ1) is 9.65. The summed E-state index contributed by atoms with van der Waals surface area (Å²) >= 11 is 0. The molecule has 0 bridgehead atoms. The zero-order chi connectivity index (χ0) is 10.3. The highest BCUT2D eigenvalue weighted by Gasteiger charge is 2.42. The van der Waals surface area contributed by atoms with Crippen molar-refractivity contribution in [1.29, 1.82) is 0 Å². The van der Waals surface area contributed by atoms with Gasteiger partial charge in [0.1, 0.15) is 0 Å². The van der Waals surface area contributed by atoms with Gasteiger partial charge >= 0.3 is 0 Å². The monoisotopic (exact) mass is 203 g/mol. The van der Waals surface area contributed by atoms with Gasteiger partial charge in [0.25, 0.3) is 0 Å². The van der Waals surface area contributed by atoms with E-state index in [1.54, 1.807) is 0 Å². The molecule has 1 aliphatic heterocycles. The van der Waals surface area contributed by atoms with Crippen LogP contribution in [0, 0.1) is 17.8 Å². The third kappa shape index (κ3) is 1.57. The van der Waals surface area contributed by atoms with Crippen LogP contribution >= 0.6 is 0 Å². The Balaban J connectivity index is 1.81. The van der Waals surface area contributed by atoms with Crippen LogP contribution in [0.2, 0.25) is 0 Å². The Labute approximate surface area is 92.8 Å². The van der Waals surface area contributed by atoms with E-state index in [0.29, 0.717) is 0 Å². The SMILES string of the molecule is C[C@@H]1CC2C=CC=CC2C1N1CCCC1. The number of fused-ring (bicyclic) bond motifs is 1. The van der Waals surface area contributed by atoms with Crippen LogP contribution in [0.4, 0.5) is 0 Å². The number of likely N-dealkylation sites (tertiary alicyclic amines) is 1. The highest BCUT2D eigenvalue weighted by Crippen LogP contribution is 2.43. The zero-order valence-corrected chi connectivity index (χ0v) is 9.60. The van der Waals surface area contributed by atoms with Crippen LogP contribution < -0.4 is 0 Å². The van der Waals surface area contributed by atoms with Gasteiger partial charge in [0.2, 0.25) is 0 Å². The van der Waals surface area contributed by atoms with Crippen molar-refractivity contribution in [2.75, 3.05) is 13.1 Å². The van der Waals surface area contributed by atoms with Gasteiger partial charge in [0.15, 0.2) is 0 Å². The summed E-state index contributed by atoms with van der Waals surface area (Å²) in [6, 6.07) is 0.832. The molecule has 2 aliphatic carbocycles. The van der Waals surface area contributed by atoms with Gasteiger partial charge in [0.05, 0.1) is 0 Å². The van der Waals surface area contributed by atoms with Gasteiger partial charge in [-0.05, 0) is 50.1 Å². The van der Waals surface area contributed by atoms with E-state index in [0.717, 1.165) is 23.8 Å². The lowest BCUT2D eigenvalue weighted by Crippen LogP contribution is -2.39. The standard InChI is InChI=1S/C14H21N/c1-11-10-12-6-2-3-7-13(12)14(11)15-8-4-5-9-15/h2-3,6-7,11-14H,4-5,8-10H2,1H3/t11-,12?,13?,14?/m1/s1. The Morgan fingerprint density at radius 1 is 1.07 bits per heavy atom. The molecule has 3 rings (SSSR count). The summed E-state index contributed by atoms with van der Waals surface area (Å²) in [4.78, 5) is 2.75.